The molecule has 1 N–H and O–H groups in total. The Kier molecular flexibility index (Phi) is 2.99. The summed E-state index contributed by atoms with van der Waals surface area (Å²) in [5.74, 6) is -0.475. The fraction of sp³-hybridized carbons (Fsp3) is 0.467. The van der Waals surface area contributed by atoms with Crippen molar-refractivity contribution in [2.24, 2.45) is 23.7 Å². The number of amides is 2. The molecule has 1 aromatic rings. The molecule has 0 aromatic heterocycles. The summed E-state index contributed by atoms with van der Waals surface area (Å²) >= 11 is 7.31. The second-order valence-electron chi connectivity index (χ2n) is 6.00. The van der Waals surface area contributed by atoms with Gasteiger partial charge < -0.3 is 5.11 Å². The van der Waals surface area contributed by atoms with Crippen molar-refractivity contribution in [1.29, 1.82) is 0 Å². The number of anilines is 1. The van der Waals surface area contributed by atoms with Crippen LogP contribution in [0.4, 0.5) is 5.69 Å². The third kappa shape index (κ3) is 1.66. The summed E-state index contributed by atoms with van der Waals surface area (Å²) in [6.45, 7) is 0. The molecule has 4 rings (SSSR count). The SMILES string of the molecule is O=C1[C@@H]2[C@H]3C[C@@H]([C@@H](Br)[C@H]3Br)[C@H]2C(=O)N1c1ccccc1O. The van der Waals surface area contributed by atoms with Gasteiger partial charge in [-0.25, -0.2) is 4.90 Å². The summed E-state index contributed by atoms with van der Waals surface area (Å²) in [7, 11) is 0. The number of hydrogen-bond donors (Lipinski definition) is 1. The normalized spacial score (nSPS) is 41.0. The lowest BCUT2D eigenvalue weighted by Gasteiger charge is -2.28. The van der Waals surface area contributed by atoms with E-state index >= 15 is 0 Å². The van der Waals surface area contributed by atoms with E-state index < -0.39 is 0 Å². The molecule has 0 unspecified atom stereocenters. The third-order valence-corrected chi connectivity index (χ3v) is 8.32. The molecule has 21 heavy (non-hydrogen) atoms. The number of benzene rings is 1. The number of hydrogen-bond acceptors (Lipinski definition) is 3. The number of phenols is 1. The maximum atomic E-state index is 12.7. The molecule has 2 aliphatic carbocycles. The van der Waals surface area contributed by atoms with Crippen LogP contribution in [0.1, 0.15) is 6.42 Å². The van der Waals surface area contributed by atoms with E-state index in [1.807, 2.05) is 0 Å². The molecular formula is C15H13Br2NO3. The fourth-order valence-corrected chi connectivity index (χ4v) is 6.11. The monoisotopic (exact) mass is 413 g/mol. The average molecular weight is 415 g/mol. The molecule has 4 nitrogen and oxygen atoms in total. The molecular weight excluding hydrogens is 402 g/mol. The predicted molar refractivity (Wildman–Crippen MR) is 84.6 cm³/mol. The van der Waals surface area contributed by atoms with Gasteiger partial charge in [-0.05, 0) is 30.4 Å². The summed E-state index contributed by atoms with van der Waals surface area (Å²) in [6, 6.07) is 6.51. The van der Waals surface area contributed by atoms with Crippen molar-refractivity contribution in [1.82, 2.24) is 0 Å². The molecule has 2 bridgehead atoms. The van der Waals surface area contributed by atoms with E-state index in [0.717, 1.165) is 6.42 Å². The Bertz CT molecular complexity index is 618. The van der Waals surface area contributed by atoms with E-state index in [9.17, 15) is 14.7 Å². The summed E-state index contributed by atoms with van der Waals surface area (Å²) in [5, 5.41) is 9.96. The zero-order valence-corrected chi connectivity index (χ0v) is 14.1. The molecule has 2 saturated carbocycles. The number of aromatic hydroxyl groups is 1. The van der Waals surface area contributed by atoms with Gasteiger partial charge in [0.25, 0.3) is 0 Å². The molecule has 0 radical (unpaired) electrons. The summed E-state index contributed by atoms with van der Waals surface area (Å²) in [4.78, 5) is 27.1. The van der Waals surface area contributed by atoms with Gasteiger partial charge in [0.15, 0.2) is 0 Å². The predicted octanol–water partition coefficient (Wildman–Crippen LogP) is 2.67. The highest BCUT2D eigenvalue weighted by molar-refractivity contribution is 9.12. The lowest BCUT2D eigenvalue weighted by Crippen LogP contribution is -2.37. The first-order valence-electron chi connectivity index (χ1n) is 6.96. The highest BCUT2D eigenvalue weighted by Gasteiger charge is 2.66. The zero-order valence-electron chi connectivity index (χ0n) is 10.9. The smallest absolute Gasteiger partial charge is 0.238 e. The standard InChI is InChI=1S/C15H13Br2NO3/c16-12-6-5-7(13(12)17)11-10(6)14(20)18(15(11)21)8-3-1-2-4-9(8)19/h1-4,6-7,10-13,19H,5H2/t6-,7-,10-,11-,12-,13+/m1/s1. The van der Waals surface area contributed by atoms with Gasteiger partial charge in [0.1, 0.15) is 5.75 Å². The number of nitrogens with zero attached hydrogens (tertiary/aromatic N) is 1. The van der Waals surface area contributed by atoms with Crippen molar-refractivity contribution in [3.05, 3.63) is 24.3 Å². The van der Waals surface area contributed by atoms with E-state index in [2.05, 4.69) is 31.9 Å². The van der Waals surface area contributed by atoms with Crippen LogP contribution >= 0.6 is 31.9 Å². The number of carbonyl (C=O) groups excluding carboxylic acids is 2. The van der Waals surface area contributed by atoms with Crippen LogP contribution < -0.4 is 4.90 Å². The molecule has 1 saturated heterocycles. The van der Waals surface area contributed by atoms with Crippen molar-refractivity contribution in [2.75, 3.05) is 4.90 Å². The molecule has 0 spiro atoms. The summed E-state index contributed by atoms with van der Waals surface area (Å²) in [6.07, 6.45) is 0.910. The van der Waals surface area contributed by atoms with Gasteiger partial charge in [0.05, 0.1) is 17.5 Å². The average Bonchev–Trinajstić information content (AvgIpc) is 3.06. The Morgan fingerprint density at radius 2 is 1.52 bits per heavy atom. The highest BCUT2D eigenvalue weighted by atomic mass is 79.9. The van der Waals surface area contributed by atoms with Crippen LogP contribution in [0.2, 0.25) is 0 Å². The number of rotatable bonds is 1. The van der Waals surface area contributed by atoms with Gasteiger partial charge in [-0.2, -0.15) is 0 Å². The zero-order chi connectivity index (χ0) is 14.9. The largest absolute Gasteiger partial charge is 0.506 e. The Balaban J connectivity index is 1.77. The van der Waals surface area contributed by atoms with Crippen LogP contribution in [0.15, 0.2) is 24.3 Å². The number of fused-ring (bicyclic) bond motifs is 5. The minimum absolute atomic E-state index is 0.0303. The minimum atomic E-state index is -0.250. The number of carbonyl (C=O) groups is 2. The lowest BCUT2D eigenvalue weighted by molar-refractivity contribution is -0.123. The van der Waals surface area contributed by atoms with Crippen LogP contribution in [-0.4, -0.2) is 26.6 Å². The third-order valence-electron chi connectivity index (χ3n) is 5.11. The van der Waals surface area contributed by atoms with E-state index in [-0.39, 0.29) is 50.9 Å². The second-order valence-corrected chi connectivity index (χ2v) is 8.12. The first-order valence-corrected chi connectivity index (χ1v) is 8.79. The molecule has 3 aliphatic rings. The number of para-hydroxylation sites is 2. The van der Waals surface area contributed by atoms with Crippen molar-refractivity contribution in [3.8, 4) is 5.75 Å². The first-order chi connectivity index (χ1) is 10.0. The molecule has 3 fully saturated rings. The molecule has 6 atom stereocenters. The number of halogens is 2. The molecule has 1 aromatic carbocycles. The van der Waals surface area contributed by atoms with Crippen molar-refractivity contribution < 1.29 is 14.7 Å². The van der Waals surface area contributed by atoms with Crippen molar-refractivity contribution in [3.63, 3.8) is 0 Å². The van der Waals surface area contributed by atoms with Crippen LogP contribution in [0, 0.1) is 23.7 Å². The Labute approximate surface area is 138 Å². The Morgan fingerprint density at radius 1 is 1.00 bits per heavy atom. The summed E-state index contributed by atoms with van der Waals surface area (Å²) in [5.41, 5.74) is 0.304. The molecule has 6 heteroatoms. The number of imide groups is 1. The van der Waals surface area contributed by atoms with Gasteiger partial charge in [0, 0.05) is 9.65 Å². The van der Waals surface area contributed by atoms with E-state index in [1.54, 1.807) is 18.2 Å². The van der Waals surface area contributed by atoms with Crippen LogP contribution in [0.25, 0.3) is 0 Å². The van der Waals surface area contributed by atoms with Gasteiger partial charge in [-0.15, -0.1) is 0 Å². The number of alkyl halides is 2. The van der Waals surface area contributed by atoms with E-state index in [4.69, 9.17) is 0 Å². The van der Waals surface area contributed by atoms with Crippen molar-refractivity contribution in [2.45, 2.75) is 16.1 Å². The first kappa shape index (κ1) is 13.8. The number of phenolic OH excluding ortho intramolecular Hbond substituents is 1. The molecule has 2 amide bonds. The lowest BCUT2D eigenvalue weighted by atomic mass is 9.81. The van der Waals surface area contributed by atoms with Crippen LogP contribution in [-0.2, 0) is 9.59 Å². The second kappa shape index (κ2) is 4.56. The molecule has 1 heterocycles. The summed E-state index contributed by atoms with van der Waals surface area (Å²) < 4.78 is 0. The van der Waals surface area contributed by atoms with Crippen molar-refractivity contribution >= 4 is 49.4 Å². The van der Waals surface area contributed by atoms with E-state index in [1.165, 1.54) is 11.0 Å². The van der Waals surface area contributed by atoms with Crippen LogP contribution in [0.5, 0.6) is 5.75 Å². The van der Waals surface area contributed by atoms with Gasteiger partial charge >= 0.3 is 0 Å². The Hall–Kier alpha value is -0.880. The van der Waals surface area contributed by atoms with Gasteiger partial charge in [-0.3, -0.25) is 9.59 Å². The van der Waals surface area contributed by atoms with Gasteiger partial charge in [0.2, 0.25) is 11.8 Å². The van der Waals surface area contributed by atoms with Gasteiger partial charge in [-0.1, -0.05) is 44.0 Å². The minimum Gasteiger partial charge on any atom is -0.506 e. The van der Waals surface area contributed by atoms with E-state index in [0.29, 0.717) is 5.69 Å². The van der Waals surface area contributed by atoms with Crippen LogP contribution in [0.3, 0.4) is 0 Å². The maximum absolute atomic E-state index is 12.7. The molecule has 1 aliphatic heterocycles. The highest BCUT2D eigenvalue weighted by Crippen LogP contribution is 2.60. The maximum Gasteiger partial charge on any atom is 0.238 e. The quantitative estimate of drug-likeness (QED) is 0.567. The molecule has 110 valence electrons. The Morgan fingerprint density at radius 3 is 2.05 bits per heavy atom. The fourth-order valence-electron chi connectivity index (χ4n) is 4.24. The topological polar surface area (TPSA) is 57.6 Å².